The topological polar surface area (TPSA) is 47.3 Å². The van der Waals surface area contributed by atoms with Crippen LogP contribution in [0.2, 0.25) is 0 Å². The Morgan fingerprint density at radius 2 is 1.83 bits per heavy atom. The number of fused-ring (bicyclic) bond motifs is 1. The lowest BCUT2D eigenvalue weighted by atomic mass is 10.1. The summed E-state index contributed by atoms with van der Waals surface area (Å²) in [5.41, 5.74) is 0.938. The van der Waals surface area contributed by atoms with Gasteiger partial charge in [-0.25, -0.2) is 9.78 Å². The molecular formula is C16H12F3N3OS. The van der Waals surface area contributed by atoms with Crippen molar-refractivity contribution in [3.63, 3.8) is 0 Å². The lowest BCUT2D eigenvalue weighted by molar-refractivity contribution is -0.137. The van der Waals surface area contributed by atoms with Crippen molar-refractivity contribution < 1.29 is 13.2 Å². The largest absolute Gasteiger partial charge is 0.416 e. The number of hydrogen-bond acceptors (Lipinski definition) is 4. The first-order chi connectivity index (χ1) is 11.3. The number of thioether (sulfide) groups is 1. The smallest absolute Gasteiger partial charge is 0.251 e. The lowest BCUT2D eigenvalue weighted by Gasteiger charge is -2.07. The Kier molecular flexibility index (Phi) is 4.31. The average Bonchev–Trinajstić information content (AvgIpc) is 2.53. The van der Waals surface area contributed by atoms with Crippen molar-refractivity contribution in [3.8, 4) is 0 Å². The zero-order valence-electron chi connectivity index (χ0n) is 12.5. The molecule has 1 aromatic carbocycles. The molecular weight excluding hydrogens is 339 g/mol. The van der Waals surface area contributed by atoms with Crippen molar-refractivity contribution in [2.45, 2.75) is 24.0 Å². The minimum atomic E-state index is -4.35. The van der Waals surface area contributed by atoms with Gasteiger partial charge >= 0.3 is 11.9 Å². The van der Waals surface area contributed by atoms with Gasteiger partial charge in [-0.05, 0) is 36.2 Å². The second-order valence-electron chi connectivity index (χ2n) is 5.16. The van der Waals surface area contributed by atoms with Gasteiger partial charge in [-0.15, -0.1) is 0 Å². The van der Waals surface area contributed by atoms with Crippen molar-refractivity contribution >= 4 is 17.4 Å². The zero-order valence-corrected chi connectivity index (χ0v) is 13.4. The van der Waals surface area contributed by atoms with E-state index in [1.165, 1.54) is 28.3 Å². The Labute approximate surface area is 139 Å². The summed E-state index contributed by atoms with van der Waals surface area (Å²) in [6.45, 7) is 1.84. The van der Waals surface area contributed by atoms with Crippen LogP contribution < -0.4 is 5.69 Å². The molecule has 4 nitrogen and oxygen atoms in total. The quantitative estimate of drug-likeness (QED) is 0.675. The normalized spacial score (nSPS) is 11.8. The first-order valence-corrected chi connectivity index (χ1v) is 7.98. The first kappa shape index (κ1) is 16.5. The van der Waals surface area contributed by atoms with Gasteiger partial charge < -0.3 is 0 Å². The minimum absolute atomic E-state index is 0.300. The summed E-state index contributed by atoms with van der Waals surface area (Å²) in [6.07, 6.45) is -2.76. The molecule has 0 radical (unpaired) electrons. The lowest BCUT2D eigenvalue weighted by Crippen LogP contribution is -2.19. The molecule has 0 amide bonds. The number of pyridine rings is 1. The third-order valence-corrected chi connectivity index (χ3v) is 4.33. The summed E-state index contributed by atoms with van der Waals surface area (Å²) in [6, 6.07) is 8.48. The molecule has 2 aromatic heterocycles. The van der Waals surface area contributed by atoms with Gasteiger partial charge in [0.2, 0.25) is 0 Å². The first-order valence-electron chi connectivity index (χ1n) is 6.99. The van der Waals surface area contributed by atoms with Crippen molar-refractivity contribution in [3.05, 3.63) is 69.8 Å². The molecule has 3 aromatic rings. The summed E-state index contributed by atoms with van der Waals surface area (Å²) in [7, 11) is 0. The van der Waals surface area contributed by atoms with E-state index < -0.39 is 17.4 Å². The summed E-state index contributed by atoms with van der Waals surface area (Å²) in [4.78, 5) is 20.2. The fourth-order valence-corrected chi connectivity index (χ4v) is 2.94. The number of halogens is 3. The molecule has 124 valence electrons. The Morgan fingerprint density at radius 1 is 1.12 bits per heavy atom. The maximum atomic E-state index is 12.5. The fourth-order valence-electron chi connectivity index (χ4n) is 2.16. The van der Waals surface area contributed by atoms with E-state index in [4.69, 9.17) is 0 Å². The fraction of sp³-hybridized carbons (Fsp3) is 0.188. The summed E-state index contributed by atoms with van der Waals surface area (Å²) in [5, 5.41) is 0.300. The van der Waals surface area contributed by atoms with Crippen LogP contribution in [0.15, 0.2) is 52.5 Å². The summed E-state index contributed by atoms with van der Waals surface area (Å²) >= 11 is 1.21. The predicted octanol–water partition coefficient (Wildman–Crippen LogP) is 3.71. The van der Waals surface area contributed by atoms with Gasteiger partial charge in [0.15, 0.2) is 5.16 Å². The van der Waals surface area contributed by atoms with Crippen LogP contribution in [0, 0.1) is 6.92 Å². The molecule has 0 bridgehead atoms. The van der Waals surface area contributed by atoms with Crippen LogP contribution in [0.4, 0.5) is 13.2 Å². The third kappa shape index (κ3) is 3.43. The standard InChI is InChI=1S/C16H12F3N3OS/c1-10-3-2-8-22-13(10)20-14(21-15(22)23)24-9-11-4-6-12(7-5-11)16(17,18)19/h2-8H,9H2,1H3. The van der Waals surface area contributed by atoms with Crippen molar-refractivity contribution in [2.24, 2.45) is 0 Å². The third-order valence-electron chi connectivity index (χ3n) is 3.41. The SMILES string of the molecule is Cc1cccn2c(=O)nc(SCc3ccc(C(F)(F)F)cc3)nc12. The Hall–Kier alpha value is -2.35. The highest BCUT2D eigenvalue weighted by atomic mass is 32.2. The van der Waals surface area contributed by atoms with Gasteiger partial charge in [-0.1, -0.05) is 30.0 Å². The monoisotopic (exact) mass is 351 g/mol. The van der Waals surface area contributed by atoms with Crippen molar-refractivity contribution in [2.75, 3.05) is 0 Å². The molecule has 0 saturated carbocycles. The molecule has 3 rings (SSSR count). The number of nitrogens with zero attached hydrogens (tertiary/aromatic N) is 3. The van der Waals surface area contributed by atoms with E-state index >= 15 is 0 Å². The molecule has 24 heavy (non-hydrogen) atoms. The highest BCUT2D eigenvalue weighted by molar-refractivity contribution is 7.98. The van der Waals surface area contributed by atoms with E-state index in [0.717, 1.165) is 17.7 Å². The van der Waals surface area contributed by atoms with Crippen LogP contribution in [0.25, 0.3) is 5.65 Å². The Morgan fingerprint density at radius 3 is 2.50 bits per heavy atom. The molecule has 0 fully saturated rings. The highest BCUT2D eigenvalue weighted by Gasteiger charge is 2.29. The number of alkyl halides is 3. The molecule has 0 aliphatic rings. The molecule has 0 atom stereocenters. The van der Waals surface area contributed by atoms with E-state index in [0.29, 0.717) is 22.1 Å². The van der Waals surface area contributed by atoms with E-state index in [2.05, 4.69) is 9.97 Å². The highest BCUT2D eigenvalue weighted by Crippen LogP contribution is 2.30. The second-order valence-corrected chi connectivity index (χ2v) is 6.10. The Bertz CT molecular complexity index is 936. The van der Waals surface area contributed by atoms with E-state index in [9.17, 15) is 18.0 Å². The maximum absolute atomic E-state index is 12.5. The number of benzene rings is 1. The predicted molar refractivity (Wildman–Crippen MR) is 85.0 cm³/mol. The molecule has 0 saturated heterocycles. The van der Waals surface area contributed by atoms with Gasteiger partial charge in [0.25, 0.3) is 0 Å². The van der Waals surface area contributed by atoms with Crippen LogP contribution in [-0.2, 0) is 11.9 Å². The van der Waals surface area contributed by atoms with E-state index in [1.807, 2.05) is 13.0 Å². The molecule has 8 heteroatoms. The van der Waals surface area contributed by atoms with Crippen molar-refractivity contribution in [1.82, 2.24) is 14.4 Å². The van der Waals surface area contributed by atoms with Gasteiger partial charge in [0.1, 0.15) is 5.65 Å². The van der Waals surface area contributed by atoms with Crippen LogP contribution in [0.1, 0.15) is 16.7 Å². The van der Waals surface area contributed by atoms with Crippen molar-refractivity contribution in [1.29, 1.82) is 0 Å². The molecule has 0 N–H and O–H groups in total. The molecule has 0 spiro atoms. The molecule has 0 unspecified atom stereocenters. The zero-order chi connectivity index (χ0) is 17.3. The molecule has 0 aliphatic carbocycles. The second kappa shape index (κ2) is 6.27. The van der Waals surface area contributed by atoms with Crippen LogP contribution in [0.5, 0.6) is 0 Å². The number of rotatable bonds is 3. The molecule has 0 aliphatic heterocycles. The van der Waals surface area contributed by atoms with Crippen LogP contribution in [-0.4, -0.2) is 14.4 Å². The van der Waals surface area contributed by atoms with Gasteiger partial charge in [0, 0.05) is 11.9 Å². The van der Waals surface area contributed by atoms with E-state index in [1.54, 1.807) is 12.3 Å². The summed E-state index contributed by atoms with van der Waals surface area (Å²) < 4.78 is 39.0. The van der Waals surface area contributed by atoms with Gasteiger partial charge in [0.05, 0.1) is 5.56 Å². The van der Waals surface area contributed by atoms with Gasteiger partial charge in [-0.2, -0.15) is 18.2 Å². The summed E-state index contributed by atoms with van der Waals surface area (Å²) in [5.74, 6) is 0.375. The van der Waals surface area contributed by atoms with E-state index in [-0.39, 0.29) is 0 Å². The minimum Gasteiger partial charge on any atom is -0.251 e. The van der Waals surface area contributed by atoms with Crippen LogP contribution in [0.3, 0.4) is 0 Å². The molecule has 2 heterocycles. The number of hydrogen-bond donors (Lipinski definition) is 0. The van der Waals surface area contributed by atoms with Crippen LogP contribution >= 0.6 is 11.8 Å². The number of aromatic nitrogens is 3. The number of aryl methyl sites for hydroxylation is 1. The average molecular weight is 351 g/mol. The van der Waals surface area contributed by atoms with Gasteiger partial charge in [-0.3, -0.25) is 4.40 Å². The maximum Gasteiger partial charge on any atom is 0.416 e. The Balaban J connectivity index is 1.81.